The third-order valence-electron chi connectivity index (χ3n) is 2.79. The maximum absolute atomic E-state index is 11.2. The third kappa shape index (κ3) is 3.83. The first kappa shape index (κ1) is 15.8. The average Bonchev–Trinajstić information content (AvgIpc) is 2.43. The van der Waals surface area contributed by atoms with Crippen molar-refractivity contribution in [3.8, 4) is 18.2 Å². The van der Waals surface area contributed by atoms with Crippen LogP contribution in [0.1, 0.15) is 18.1 Å². The van der Waals surface area contributed by atoms with Gasteiger partial charge in [0.25, 0.3) is 0 Å². The first-order chi connectivity index (χ1) is 9.92. The Bertz CT molecular complexity index is 725. The highest BCUT2D eigenvalue weighted by Gasteiger charge is 2.11. The molecule has 0 aliphatic heterocycles. The van der Waals surface area contributed by atoms with Gasteiger partial charge in [0.1, 0.15) is 23.9 Å². The van der Waals surface area contributed by atoms with E-state index in [1.807, 2.05) is 13.8 Å². The monoisotopic (exact) mass is 279 g/mol. The number of nitriles is 3. The lowest BCUT2D eigenvalue weighted by atomic mass is 10.1. The number of nitrogens with zero attached hydrogens (tertiary/aromatic N) is 3. The van der Waals surface area contributed by atoms with E-state index in [0.29, 0.717) is 11.4 Å². The summed E-state index contributed by atoms with van der Waals surface area (Å²) in [7, 11) is 0. The predicted molar refractivity (Wildman–Crippen MR) is 77.7 cm³/mol. The molecule has 0 aliphatic carbocycles. The molecule has 0 saturated heterocycles. The molecule has 104 valence electrons. The summed E-state index contributed by atoms with van der Waals surface area (Å²) in [5.74, 6) is -0.260. The van der Waals surface area contributed by atoms with Crippen molar-refractivity contribution < 1.29 is 4.79 Å². The largest absolute Gasteiger partial charge is 0.343 e. The Hall–Kier alpha value is -3.30. The zero-order valence-corrected chi connectivity index (χ0v) is 11.9. The molecule has 2 N–H and O–H groups in total. The van der Waals surface area contributed by atoms with Crippen molar-refractivity contribution in [2.24, 2.45) is 0 Å². The summed E-state index contributed by atoms with van der Waals surface area (Å²) in [6, 6.07) is 8.59. The quantitative estimate of drug-likeness (QED) is 0.825. The molecule has 6 heteroatoms. The first-order valence-electron chi connectivity index (χ1n) is 6.03. The molecule has 0 aliphatic rings. The van der Waals surface area contributed by atoms with E-state index < -0.39 is 0 Å². The van der Waals surface area contributed by atoms with Gasteiger partial charge in [0.2, 0.25) is 5.91 Å². The molecule has 0 atom stereocenters. The Balaban J connectivity index is 3.37. The summed E-state index contributed by atoms with van der Waals surface area (Å²) in [4.78, 5) is 11.2. The number of hydrogen-bond acceptors (Lipinski definition) is 5. The molecule has 21 heavy (non-hydrogen) atoms. The summed E-state index contributed by atoms with van der Waals surface area (Å²) in [6.07, 6.45) is 0. The minimum Gasteiger partial charge on any atom is -0.343 e. The highest BCUT2D eigenvalue weighted by molar-refractivity contribution is 5.93. The van der Waals surface area contributed by atoms with Crippen LogP contribution in [0.2, 0.25) is 0 Å². The van der Waals surface area contributed by atoms with Crippen LogP contribution >= 0.6 is 0 Å². The molecule has 1 aromatic rings. The number of anilines is 2. The average molecular weight is 279 g/mol. The molecule has 1 rings (SSSR count). The molecule has 0 heterocycles. The van der Waals surface area contributed by atoms with Gasteiger partial charge in [0.15, 0.2) is 5.57 Å². The smallest absolute Gasteiger partial charge is 0.221 e. The van der Waals surface area contributed by atoms with E-state index in [-0.39, 0.29) is 17.2 Å². The second-order valence-corrected chi connectivity index (χ2v) is 4.37. The third-order valence-corrected chi connectivity index (χ3v) is 2.79. The zero-order valence-electron chi connectivity index (χ0n) is 11.9. The Morgan fingerprint density at radius 1 is 0.952 bits per heavy atom. The lowest BCUT2D eigenvalue weighted by Crippen LogP contribution is -2.10. The number of rotatable bonds is 3. The molecule has 1 aromatic carbocycles. The number of aryl methyl sites for hydroxylation is 2. The minimum atomic E-state index is -0.315. The highest BCUT2D eigenvalue weighted by atomic mass is 16.1. The van der Waals surface area contributed by atoms with E-state index >= 15 is 0 Å². The van der Waals surface area contributed by atoms with Crippen LogP contribution in [0.25, 0.3) is 0 Å². The molecule has 6 nitrogen and oxygen atoms in total. The Morgan fingerprint density at radius 3 is 1.81 bits per heavy atom. The van der Waals surface area contributed by atoms with Crippen molar-refractivity contribution in [1.29, 1.82) is 15.8 Å². The maximum atomic E-state index is 11.2. The van der Waals surface area contributed by atoms with Gasteiger partial charge in [-0.25, -0.2) is 0 Å². The van der Waals surface area contributed by atoms with Crippen molar-refractivity contribution in [3.63, 3.8) is 0 Å². The van der Waals surface area contributed by atoms with Gasteiger partial charge in [-0.15, -0.1) is 0 Å². The van der Waals surface area contributed by atoms with Crippen LogP contribution in [0, 0.1) is 47.8 Å². The number of carbonyl (C=O) groups is 1. The van der Waals surface area contributed by atoms with Crippen molar-refractivity contribution in [2.75, 3.05) is 10.6 Å². The normalized spacial score (nSPS) is 8.76. The second kappa shape index (κ2) is 6.75. The van der Waals surface area contributed by atoms with Crippen LogP contribution in [-0.2, 0) is 4.79 Å². The number of nitrogens with one attached hydrogen (secondary N) is 2. The van der Waals surface area contributed by atoms with Crippen LogP contribution in [0.4, 0.5) is 11.4 Å². The molecule has 0 saturated carbocycles. The first-order valence-corrected chi connectivity index (χ1v) is 6.03. The summed E-state index contributed by atoms with van der Waals surface area (Å²) in [5.41, 5.74) is 2.37. The number of hydrogen-bond donors (Lipinski definition) is 2. The van der Waals surface area contributed by atoms with Gasteiger partial charge < -0.3 is 10.6 Å². The molecular weight excluding hydrogens is 266 g/mol. The van der Waals surface area contributed by atoms with Crippen molar-refractivity contribution in [1.82, 2.24) is 0 Å². The fraction of sp³-hybridized carbons (Fsp3) is 0.200. The van der Waals surface area contributed by atoms with E-state index in [2.05, 4.69) is 10.6 Å². The molecule has 0 fully saturated rings. The topological polar surface area (TPSA) is 112 Å². The number of carbonyl (C=O) groups excluding carboxylic acids is 1. The van der Waals surface area contributed by atoms with Gasteiger partial charge in [-0.05, 0) is 37.1 Å². The summed E-state index contributed by atoms with van der Waals surface area (Å²) in [6.45, 7) is 5.14. The van der Waals surface area contributed by atoms with Gasteiger partial charge in [-0.3, -0.25) is 4.79 Å². The number of allylic oxidation sites excluding steroid dienone is 2. The van der Waals surface area contributed by atoms with E-state index in [1.165, 1.54) is 6.92 Å². The van der Waals surface area contributed by atoms with Crippen molar-refractivity contribution in [2.45, 2.75) is 20.8 Å². The van der Waals surface area contributed by atoms with Gasteiger partial charge in [-0.2, -0.15) is 15.8 Å². The fourth-order valence-electron chi connectivity index (χ4n) is 1.63. The SMILES string of the molecule is CC(=O)Nc1cc(C)c(C)cc1NC(C#N)=C(C#N)C#N. The van der Waals surface area contributed by atoms with Crippen molar-refractivity contribution in [3.05, 3.63) is 34.5 Å². The second-order valence-electron chi connectivity index (χ2n) is 4.37. The summed E-state index contributed by atoms with van der Waals surface area (Å²) < 4.78 is 0. The van der Waals surface area contributed by atoms with Gasteiger partial charge in [-0.1, -0.05) is 0 Å². The van der Waals surface area contributed by atoms with E-state index in [9.17, 15) is 4.79 Å². The van der Waals surface area contributed by atoms with Gasteiger partial charge in [0, 0.05) is 6.92 Å². The molecule has 0 radical (unpaired) electrons. The fourth-order valence-corrected chi connectivity index (χ4v) is 1.63. The molecule has 0 unspecified atom stereocenters. The standard InChI is InChI=1S/C15H13N5O/c1-9-4-13(19-11(3)21)14(5-10(9)2)20-15(8-18)12(6-16)7-17/h4-5,20H,1-3H3,(H,19,21). The zero-order chi connectivity index (χ0) is 16.0. The van der Waals surface area contributed by atoms with Crippen LogP contribution in [-0.4, -0.2) is 5.91 Å². The lowest BCUT2D eigenvalue weighted by molar-refractivity contribution is -0.114. The van der Waals surface area contributed by atoms with Crippen LogP contribution in [0.15, 0.2) is 23.4 Å². The Kier molecular flexibility index (Phi) is 5.06. The lowest BCUT2D eigenvalue weighted by Gasteiger charge is -2.14. The maximum Gasteiger partial charge on any atom is 0.221 e. The molecule has 0 aromatic heterocycles. The highest BCUT2D eigenvalue weighted by Crippen LogP contribution is 2.27. The van der Waals surface area contributed by atoms with Crippen molar-refractivity contribution >= 4 is 17.3 Å². The van der Waals surface area contributed by atoms with Crippen LogP contribution in [0.5, 0.6) is 0 Å². The Morgan fingerprint density at radius 2 is 1.43 bits per heavy atom. The predicted octanol–water partition coefficient (Wildman–Crippen LogP) is 2.50. The number of benzene rings is 1. The minimum absolute atomic E-state index is 0.158. The van der Waals surface area contributed by atoms with E-state index in [4.69, 9.17) is 15.8 Å². The van der Waals surface area contributed by atoms with Gasteiger partial charge >= 0.3 is 0 Å². The van der Waals surface area contributed by atoms with Crippen LogP contribution < -0.4 is 10.6 Å². The molecule has 1 amide bonds. The summed E-state index contributed by atoms with van der Waals surface area (Å²) in [5, 5.41) is 32.1. The Labute approximate surface area is 122 Å². The van der Waals surface area contributed by atoms with Gasteiger partial charge in [0.05, 0.1) is 11.4 Å². The summed E-state index contributed by atoms with van der Waals surface area (Å²) >= 11 is 0. The van der Waals surface area contributed by atoms with E-state index in [0.717, 1.165) is 11.1 Å². The molecule has 0 spiro atoms. The van der Waals surface area contributed by atoms with E-state index in [1.54, 1.807) is 30.3 Å². The molecule has 0 bridgehead atoms. The van der Waals surface area contributed by atoms with Crippen LogP contribution in [0.3, 0.4) is 0 Å². The number of amides is 1. The molecular formula is C15H13N5O.